The number of pyridine rings is 1. The quantitative estimate of drug-likeness (QED) is 0.656. The van der Waals surface area contributed by atoms with E-state index in [0.717, 1.165) is 0 Å². The molecule has 1 rings (SSSR count). The Morgan fingerprint density at radius 3 is 3.17 bits per heavy atom. The number of carbonyl (C=O) groups excluding carboxylic acids is 1. The summed E-state index contributed by atoms with van der Waals surface area (Å²) in [5.41, 5.74) is 0.617. The molecule has 0 radical (unpaired) electrons. The highest BCUT2D eigenvalue weighted by molar-refractivity contribution is 5.92. The zero-order chi connectivity index (χ0) is 8.81. The monoisotopic (exact) mass is 161 g/mol. The van der Waals surface area contributed by atoms with E-state index in [1.165, 1.54) is 6.20 Å². The van der Waals surface area contributed by atoms with Crippen LogP contribution in [0.25, 0.3) is 4.85 Å². The number of hydrogen-bond donors (Lipinski definition) is 1. The van der Waals surface area contributed by atoms with Gasteiger partial charge in [0.2, 0.25) is 0 Å². The van der Waals surface area contributed by atoms with Crippen LogP contribution in [-0.2, 0) is 4.79 Å². The SMILES string of the molecule is [C-]#[N+]CC(=O)Nc1cccnc1. The first kappa shape index (κ1) is 8.21. The Bertz CT molecular complexity index is 302. The first-order valence-corrected chi connectivity index (χ1v) is 3.36. The first-order chi connectivity index (χ1) is 5.83. The summed E-state index contributed by atoms with van der Waals surface area (Å²) in [5, 5.41) is 2.53. The molecule has 12 heavy (non-hydrogen) atoms. The topological polar surface area (TPSA) is 46.4 Å². The normalized spacial score (nSPS) is 8.58. The number of carbonyl (C=O) groups is 1. The standard InChI is InChI=1S/C8H7N3O/c1-9-6-8(12)11-7-3-2-4-10-5-7/h2-5H,6H2,(H,11,12). The van der Waals surface area contributed by atoms with E-state index in [-0.39, 0.29) is 12.5 Å². The summed E-state index contributed by atoms with van der Waals surface area (Å²) in [5.74, 6) is -0.307. The Labute approximate surface area is 70.1 Å². The molecule has 0 spiro atoms. The van der Waals surface area contributed by atoms with Gasteiger partial charge in [0, 0.05) is 6.20 Å². The zero-order valence-corrected chi connectivity index (χ0v) is 6.32. The second-order valence-electron chi connectivity index (χ2n) is 2.11. The van der Waals surface area contributed by atoms with Crippen LogP contribution in [0.15, 0.2) is 24.5 Å². The van der Waals surface area contributed by atoms with Crippen LogP contribution >= 0.6 is 0 Å². The molecule has 0 aliphatic carbocycles. The summed E-state index contributed by atoms with van der Waals surface area (Å²) in [6.45, 7) is 6.30. The van der Waals surface area contributed by atoms with Gasteiger partial charge >= 0.3 is 5.91 Å². The van der Waals surface area contributed by atoms with Crippen molar-refractivity contribution in [2.75, 3.05) is 11.9 Å². The van der Waals surface area contributed by atoms with Gasteiger partial charge in [-0.25, -0.2) is 6.57 Å². The van der Waals surface area contributed by atoms with Crippen LogP contribution in [-0.4, -0.2) is 17.4 Å². The summed E-state index contributed by atoms with van der Waals surface area (Å²) in [4.78, 5) is 17.6. The van der Waals surface area contributed by atoms with Crippen LogP contribution in [0.4, 0.5) is 5.69 Å². The summed E-state index contributed by atoms with van der Waals surface area (Å²) in [6, 6.07) is 3.43. The number of rotatable bonds is 2. The number of aromatic nitrogens is 1. The number of anilines is 1. The predicted octanol–water partition coefficient (Wildman–Crippen LogP) is 0.939. The highest BCUT2D eigenvalue weighted by atomic mass is 16.1. The summed E-state index contributed by atoms with van der Waals surface area (Å²) >= 11 is 0. The van der Waals surface area contributed by atoms with Crippen molar-refractivity contribution in [2.24, 2.45) is 0 Å². The lowest BCUT2D eigenvalue weighted by atomic mass is 10.4. The lowest BCUT2D eigenvalue weighted by Gasteiger charge is -1.97. The molecule has 0 fully saturated rings. The van der Waals surface area contributed by atoms with Gasteiger partial charge < -0.3 is 10.2 Å². The molecular formula is C8H7N3O. The molecule has 1 amide bonds. The van der Waals surface area contributed by atoms with Crippen molar-refractivity contribution >= 4 is 11.6 Å². The third-order valence-corrected chi connectivity index (χ3v) is 1.17. The van der Waals surface area contributed by atoms with Crippen LogP contribution < -0.4 is 5.32 Å². The maximum Gasteiger partial charge on any atom is 0.304 e. The van der Waals surface area contributed by atoms with E-state index in [1.54, 1.807) is 18.3 Å². The molecule has 0 aromatic carbocycles. The van der Waals surface area contributed by atoms with Crippen molar-refractivity contribution in [3.8, 4) is 0 Å². The van der Waals surface area contributed by atoms with Crippen molar-refractivity contribution in [3.05, 3.63) is 35.9 Å². The predicted molar refractivity (Wildman–Crippen MR) is 44.3 cm³/mol. The van der Waals surface area contributed by atoms with Crippen molar-refractivity contribution in [1.29, 1.82) is 0 Å². The second-order valence-corrected chi connectivity index (χ2v) is 2.11. The van der Waals surface area contributed by atoms with Crippen LogP contribution in [0.2, 0.25) is 0 Å². The molecule has 1 N–H and O–H groups in total. The zero-order valence-electron chi connectivity index (χ0n) is 6.32. The lowest BCUT2D eigenvalue weighted by molar-refractivity contribution is -0.114. The molecule has 0 aliphatic rings. The summed E-state index contributed by atoms with van der Waals surface area (Å²) in [6.07, 6.45) is 3.15. The van der Waals surface area contributed by atoms with Crippen molar-refractivity contribution < 1.29 is 4.79 Å². The van der Waals surface area contributed by atoms with Gasteiger partial charge in [-0.15, -0.1) is 0 Å². The smallest absolute Gasteiger partial charge is 0.304 e. The first-order valence-electron chi connectivity index (χ1n) is 3.36. The molecule has 0 saturated heterocycles. The number of nitrogens with zero attached hydrogens (tertiary/aromatic N) is 2. The van der Waals surface area contributed by atoms with Gasteiger partial charge in [0.15, 0.2) is 0 Å². The molecular weight excluding hydrogens is 154 g/mol. The molecule has 0 saturated carbocycles. The Hall–Kier alpha value is -1.89. The minimum absolute atomic E-state index is 0.144. The molecule has 0 bridgehead atoms. The van der Waals surface area contributed by atoms with E-state index in [4.69, 9.17) is 6.57 Å². The van der Waals surface area contributed by atoms with Crippen LogP contribution in [0.3, 0.4) is 0 Å². The average molecular weight is 161 g/mol. The van der Waals surface area contributed by atoms with E-state index in [1.807, 2.05) is 0 Å². The Morgan fingerprint density at radius 2 is 2.58 bits per heavy atom. The third kappa shape index (κ3) is 2.39. The van der Waals surface area contributed by atoms with Gasteiger partial charge in [-0.2, -0.15) is 0 Å². The van der Waals surface area contributed by atoms with Crippen molar-refractivity contribution in [3.63, 3.8) is 0 Å². The molecule has 1 heterocycles. The van der Waals surface area contributed by atoms with Crippen LogP contribution in [0.1, 0.15) is 0 Å². The van der Waals surface area contributed by atoms with E-state index >= 15 is 0 Å². The average Bonchev–Trinajstić information content (AvgIpc) is 2.06. The number of nitrogens with one attached hydrogen (secondary N) is 1. The fourth-order valence-corrected chi connectivity index (χ4v) is 0.709. The third-order valence-electron chi connectivity index (χ3n) is 1.17. The van der Waals surface area contributed by atoms with E-state index in [9.17, 15) is 4.79 Å². The minimum Gasteiger partial charge on any atom is -0.318 e. The maximum atomic E-state index is 10.9. The van der Waals surface area contributed by atoms with E-state index in [2.05, 4.69) is 15.1 Å². The fraction of sp³-hybridized carbons (Fsp3) is 0.125. The van der Waals surface area contributed by atoms with Gasteiger partial charge in [-0.3, -0.25) is 9.78 Å². The minimum atomic E-state index is -0.307. The number of hydrogen-bond acceptors (Lipinski definition) is 2. The lowest BCUT2D eigenvalue weighted by Crippen LogP contribution is -2.13. The Morgan fingerprint density at radius 1 is 1.75 bits per heavy atom. The highest BCUT2D eigenvalue weighted by Gasteiger charge is 2.02. The largest absolute Gasteiger partial charge is 0.318 e. The molecule has 1 aromatic heterocycles. The molecule has 4 heteroatoms. The van der Waals surface area contributed by atoms with Gasteiger partial charge in [0.05, 0.1) is 11.9 Å². The number of amides is 1. The Balaban J connectivity index is 2.54. The van der Waals surface area contributed by atoms with Crippen LogP contribution in [0, 0.1) is 6.57 Å². The Kier molecular flexibility index (Phi) is 2.79. The summed E-state index contributed by atoms with van der Waals surface area (Å²) in [7, 11) is 0. The molecule has 0 unspecified atom stereocenters. The second kappa shape index (κ2) is 4.09. The molecule has 60 valence electrons. The molecule has 0 aliphatic heterocycles. The van der Waals surface area contributed by atoms with Crippen molar-refractivity contribution in [1.82, 2.24) is 4.98 Å². The van der Waals surface area contributed by atoms with E-state index in [0.29, 0.717) is 5.69 Å². The fourth-order valence-electron chi connectivity index (χ4n) is 0.709. The molecule has 4 nitrogen and oxygen atoms in total. The van der Waals surface area contributed by atoms with E-state index < -0.39 is 0 Å². The summed E-state index contributed by atoms with van der Waals surface area (Å²) < 4.78 is 0. The van der Waals surface area contributed by atoms with Gasteiger partial charge in [-0.1, -0.05) is 0 Å². The van der Waals surface area contributed by atoms with Crippen molar-refractivity contribution in [2.45, 2.75) is 0 Å². The maximum absolute atomic E-state index is 10.9. The van der Waals surface area contributed by atoms with Gasteiger partial charge in [-0.05, 0) is 12.1 Å². The van der Waals surface area contributed by atoms with Crippen LogP contribution in [0.5, 0.6) is 0 Å². The van der Waals surface area contributed by atoms with Gasteiger partial charge in [0.25, 0.3) is 6.54 Å². The molecule has 0 atom stereocenters. The highest BCUT2D eigenvalue weighted by Crippen LogP contribution is 2.01. The molecule has 1 aromatic rings. The van der Waals surface area contributed by atoms with Gasteiger partial charge in [0.1, 0.15) is 0 Å².